The predicted octanol–water partition coefficient (Wildman–Crippen LogP) is 4.68. The van der Waals surface area contributed by atoms with Gasteiger partial charge in [0.2, 0.25) is 0 Å². The minimum Gasteiger partial charge on any atom is -0.398 e. The Kier molecular flexibility index (Phi) is 4.18. The number of rotatable bonds is 3. The number of carbonyl (C=O) groups excluding carboxylic acids is 1. The highest BCUT2D eigenvalue weighted by Crippen LogP contribution is 2.30. The monoisotopic (exact) mass is 368 g/mol. The van der Waals surface area contributed by atoms with E-state index < -0.39 is 0 Å². The molecular formula is C19H17BrN2O. The number of Topliss-reactive ketones (excluding diaryl/α,β-unsaturated/α-hetero) is 1. The molecule has 3 nitrogen and oxygen atoms in total. The van der Waals surface area contributed by atoms with E-state index in [1.165, 1.54) is 0 Å². The lowest BCUT2D eigenvalue weighted by Gasteiger charge is -2.15. The molecule has 0 fully saturated rings. The molecule has 1 aromatic heterocycles. The molecule has 2 N–H and O–H groups in total. The smallest absolute Gasteiger partial charge is 0.161 e. The summed E-state index contributed by atoms with van der Waals surface area (Å²) in [5.74, 6) is 0.0206. The van der Waals surface area contributed by atoms with E-state index in [0.29, 0.717) is 17.7 Å². The highest BCUT2D eigenvalue weighted by molar-refractivity contribution is 9.10. The number of nitrogen functional groups attached to an aromatic ring is 1. The third kappa shape index (κ3) is 2.99. The SMILES string of the molecule is CC(=O)c1c(C)nc2cccc(N)c2c1Cc1ccc(Br)cc1. The largest absolute Gasteiger partial charge is 0.398 e. The topological polar surface area (TPSA) is 56.0 Å². The number of fused-ring (bicyclic) bond motifs is 1. The Bertz CT molecular complexity index is 901. The molecule has 4 heteroatoms. The number of hydrogen-bond donors (Lipinski definition) is 1. The van der Waals surface area contributed by atoms with E-state index in [1.807, 2.05) is 37.3 Å². The molecule has 3 rings (SSSR count). The molecule has 1 heterocycles. The number of carbonyl (C=O) groups is 1. The fraction of sp³-hybridized carbons (Fsp3) is 0.158. The van der Waals surface area contributed by atoms with Crippen LogP contribution in [0.1, 0.15) is 34.1 Å². The van der Waals surface area contributed by atoms with Crippen molar-refractivity contribution in [2.24, 2.45) is 0 Å². The summed E-state index contributed by atoms with van der Waals surface area (Å²) in [4.78, 5) is 16.8. The van der Waals surface area contributed by atoms with Gasteiger partial charge in [0.25, 0.3) is 0 Å². The van der Waals surface area contributed by atoms with Crippen LogP contribution in [0.25, 0.3) is 10.9 Å². The molecule has 0 radical (unpaired) electrons. The lowest BCUT2D eigenvalue weighted by molar-refractivity contribution is 0.101. The zero-order valence-electron chi connectivity index (χ0n) is 13.1. The maximum absolute atomic E-state index is 12.2. The fourth-order valence-electron chi connectivity index (χ4n) is 3.01. The van der Waals surface area contributed by atoms with Crippen LogP contribution in [0, 0.1) is 6.92 Å². The second-order valence-corrected chi connectivity index (χ2v) is 6.57. The van der Waals surface area contributed by atoms with Crippen LogP contribution in [0.15, 0.2) is 46.9 Å². The molecule has 0 bridgehead atoms. The average Bonchev–Trinajstić information content (AvgIpc) is 2.49. The highest BCUT2D eigenvalue weighted by Gasteiger charge is 2.18. The van der Waals surface area contributed by atoms with Gasteiger partial charge >= 0.3 is 0 Å². The lowest BCUT2D eigenvalue weighted by atomic mass is 9.92. The van der Waals surface area contributed by atoms with Gasteiger partial charge < -0.3 is 5.73 Å². The van der Waals surface area contributed by atoms with Crippen molar-refractivity contribution in [1.82, 2.24) is 4.98 Å². The van der Waals surface area contributed by atoms with E-state index in [0.717, 1.165) is 32.2 Å². The van der Waals surface area contributed by atoms with Crippen molar-refractivity contribution >= 4 is 38.3 Å². The van der Waals surface area contributed by atoms with Crippen LogP contribution in [-0.4, -0.2) is 10.8 Å². The van der Waals surface area contributed by atoms with Crippen molar-refractivity contribution in [3.8, 4) is 0 Å². The van der Waals surface area contributed by atoms with Gasteiger partial charge in [-0.3, -0.25) is 9.78 Å². The molecule has 0 atom stereocenters. The molecule has 0 amide bonds. The van der Waals surface area contributed by atoms with Gasteiger partial charge in [-0.1, -0.05) is 34.1 Å². The first-order chi connectivity index (χ1) is 11.0. The van der Waals surface area contributed by atoms with Gasteiger partial charge in [-0.15, -0.1) is 0 Å². The first-order valence-corrected chi connectivity index (χ1v) is 8.19. The Labute approximate surface area is 143 Å². The van der Waals surface area contributed by atoms with E-state index in [9.17, 15) is 4.79 Å². The molecule has 3 aromatic rings. The van der Waals surface area contributed by atoms with Crippen molar-refractivity contribution in [3.63, 3.8) is 0 Å². The molecule has 0 saturated carbocycles. The molecule has 0 aliphatic rings. The van der Waals surface area contributed by atoms with Gasteiger partial charge in [-0.25, -0.2) is 0 Å². The van der Waals surface area contributed by atoms with Crippen molar-refractivity contribution in [2.75, 3.05) is 5.73 Å². The van der Waals surface area contributed by atoms with E-state index in [1.54, 1.807) is 6.92 Å². The lowest BCUT2D eigenvalue weighted by Crippen LogP contribution is -2.08. The third-order valence-electron chi connectivity index (χ3n) is 3.97. The van der Waals surface area contributed by atoms with Crippen molar-refractivity contribution < 1.29 is 4.79 Å². The standard InChI is InChI=1S/C19H17BrN2O/c1-11-18(12(2)23)15(10-13-6-8-14(20)9-7-13)19-16(21)4-3-5-17(19)22-11/h3-9H,10,21H2,1-2H3. The fourth-order valence-corrected chi connectivity index (χ4v) is 3.27. The van der Waals surface area contributed by atoms with Crippen LogP contribution >= 0.6 is 15.9 Å². The summed E-state index contributed by atoms with van der Waals surface area (Å²) in [6, 6.07) is 13.8. The van der Waals surface area contributed by atoms with Gasteiger partial charge in [0.05, 0.1) is 5.52 Å². The number of hydrogen-bond acceptors (Lipinski definition) is 3. The molecule has 0 aliphatic carbocycles. The summed E-state index contributed by atoms with van der Waals surface area (Å²) >= 11 is 3.45. The third-order valence-corrected chi connectivity index (χ3v) is 4.50. The predicted molar refractivity (Wildman–Crippen MR) is 97.8 cm³/mol. The molecule has 2 aromatic carbocycles. The number of nitrogens with two attached hydrogens (primary N) is 1. The number of nitrogens with zero attached hydrogens (tertiary/aromatic N) is 1. The zero-order chi connectivity index (χ0) is 16.6. The minimum atomic E-state index is 0.0206. The van der Waals surface area contributed by atoms with Crippen LogP contribution in [0.2, 0.25) is 0 Å². The number of anilines is 1. The van der Waals surface area contributed by atoms with Crippen LogP contribution in [0.3, 0.4) is 0 Å². The summed E-state index contributed by atoms with van der Waals surface area (Å²) in [6.45, 7) is 3.46. The highest BCUT2D eigenvalue weighted by atomic mass is 79.9. The summed E-state index contributed by atoms with van der Waals surface area (Å²) in [5, 5.41) is 0.881. The Balaban J connectivity index is 2.28. The molecular weight excluding hydrogens is 352 g/mol. The summed E-state index contributed by atoms with van der Waals surface area (Å²) < 4.78 is 1.03. The van der Waals surface area contributed by atoms with Gasteiger partial charge in [-0.05, 0) is 55.7 Å². The quantitative estimate of drug-likeness (QED) is 0.539. The first-order valence-electron chi connectivity index (χ1n) is 7.40. The van der Waals surface area contributed by atoms with E-state index >= 15 is 0 Å². The Hall–Kier alpha value is -2.20. The second kappa shape index (κ2) is 6.13. The molecule has 0 unspecified atom stereocenters. The van der Waals surface area contributed by atoms with Crippen molar-refractivity contribution in [1.29, 1.82) is 0 Å². The number of benzene rings is 2. The van der Waals surface area contributed by atoms with Crippen LogP contribution in [0.5, 0.6) is 0 Å². The molecule has 0 saturated heterocycles. The van der Waals surface area contributed by atoms with Gasteiger partial charge in [0.15, 0.2) is 5.78 Å². The second-order valence-electron chi connectivity index (χ2n) is 5.65. The Morgan fingerprint density at radius 1 is 1.17 bits per heavy atom. The van der Waals surface area contributed by atoms with Crippen LogP contribution < -0.4 is 5.73 Å². The minimum absolute atomic E-state index is 0.0206. The number of ketones is 1. The molecule has 116 valence electrons. The van der Waals surface area contributed by atoms with Gasteiger partial charge in [-0.2, -0.15) is 0 Å². The number of aryl methyl sites for hydroxylation is 1. The first kappa shape index (κ1) is 15.7. The zero-order valence-corrected chi connectivity index (χ0v) is 14.6. The maximum Gasteiger partial charge on any atom is 0.161 e. The number of pyridine rings is 1. The van der Waals surface area contributed by atoms with Crippen molar-refractivity contribution in [2.45, 2.75) is 20.3 Å². The Morgan fingerprint density at radius 2 is 1.87 bits per heavy atom. The molecule has 0 aliphatic heterocycles. The summed E-state index contributed by atoms with van der Waals surface area (Å²) in [7, 11) is 0. The molecule has 23 heavy (non-hydrogen) atoms. The van der Waals surface area contributed by atoms with E-state index in [4.69, 9.17) is 5.73 Å². The normalized spacial score (nSPS) is 10.9. The summed E-state index contributed by atoms with van der Waals surface area (Å²) in [5.41, 5.74) is 11.2. The average molecular weight is 369 g/mol. The van der Waals surface area contributed by atoms with Crippen LogP contribution in [0.4, 0.5) is 5.69 Å². The number of aromatic nitrogens is 1. The van der Waals surface area contributed by atoms with E-state index in [2.05, 4.69) is 33.0 Å². The Morgan fingerprint density at radius 3 is 2.52 bits per heavy atom. The van der Waals surface area contributed by atoms with E-state index in [-0.39, 0.29) is 5.78 Å². The maximum atomic E-state index is 12.2. The number of halogens is 1. The van der Waals surface area contributed by atoms with Gasteiger partial charge in [0, 0.05) is 26.8 Å². The van der Waals surface area contributed by atoms with Crippen molar-refractivity contribution in [3.05, 3.63) is 69.3 Å². The molecule has 0 spiro atoms. The van der Waals surface area contributed by atoms with Gasteiger partial charge in [0.1, 0.15) is 0 Å². The summed E-state index contributed by atoms with van der Waals surface area (Å²) in [6.07, 6.45) is 0.649. The van der Waals surface area contributed by atoms with Crippen LogP contribution in [-0.2, 0) is 6.42 Å².